The summed E-state index contributed by atoms with van der Waals surface area (Å²) in [5, 5.41) is 0. The van der Waals surface area contributed by atoms with Gasteiger partial charge in [0.15, 0.2) is 0 Å². The minimum atomic E-state index is -0.153. The predicted molar refractivity (Wildman–Crippen MR) is 58.7 cm³/mol. The zero-order valence-electron chi connectivity index (χ0n) is 9.34. The Hall–Kier alpha value is -1.40. The molecule has 0 aliphatic carbocycles. The number of aromatic nitrogens is 2. The van der Waals surface area contributed by atoms with E-state index < -0.39 is 0 Å². The highest BCUT2D eigenvalue weighted by molar-refractivity contribution is 5.39. The molecule has 0 aromatic carbocycles. The maximum Gasteiger partial charge on any atom is 0.252 e. The molecule has 1 fully saturated rings. The Morgan fingerprint density at radius 2 is 2.00 bits per heavy atom. The van der Waals surface area contributed by atoms with Crippen molar-refractivity contribution in [3.05, 3.63) is 22.7 Å². The minimum Gasteiger partial charge on any atom is -0.377 e. The topological polar surface area (TPSA) is 67.5 Å². The van der Waals surface area contributed by atoms with E-state index in [9.17, 15) is 4.79 Å². The number of hydrogen-bond donors (Lipinski definition) is 1. The molecule has 2 heterocycles. The van der Waals surface area contributed by atoms with Gasteiger partial charge < -0.3 is 19.4 Å². The smallest absolute Gasteiger partial charge is 0.252 e. The van der Waals surface area contributed by atoms with Crippen LogP contribution < -0.4 is 10.5 Å². The van der Waals surface area contributed by atoms with Crippen LogP contribution >= 0.6 is 0 Å². The molecule has 1 N–H and O–H groups in total. The van der Waals surface area contributed by atoms with Crippen molar-refractivity contribution in [2.75, 3.05) is 32.2 Å². The van der Waals surface area contributed by atoms with Gasteiger partial charge in [-0.2, -0.15) is 0 Å². The summed E-state index contributed by atoms with van der Waals surface area (Å²) >= 11 is 0. The Labute approximate surface area is 93.2 Å². The highest BCUT2D eigenvalue weighted by Crippen LogP contribution is 2.20. The number of nitrogens with zero attached hydrogens (tertiary/aromatic N) is 2. The molecule has 2 rings (SSSR count). The van der Waals surface area contributed by atoms with Gasteiger partial charge in [-0.25, -0.2) is 4.98 Å². The van der Waals surface area contributed by atoms with Crippen LogP contribution in [0.15, 0.2) is 17.2 Å². The zero-order valence-corrected chi connectivity index (χ0v) is 9.34. The molecule has 6 heteroatoms. The quantitative estimate of drug-likeness (QED) is 0.759. The van der Waals surface area contributed by atoms with Gasteiger partial charge in [0.1, 0.15) is 18.0 Å². The number of anilines is 1. The van der Waals surface area contributed by atoms with E-state index in [1.807, 2.05) is 4.90 Å². The van der Waals surface area contributed by atoms with E-state index in [-0.39, 0.29) is 17.8 Å². The van der Waals surface area contributed by atoms with Crippen LogP contribution in [0.4, 0.5) is 5.82 Å². The monoisotopic (exact) mass is 225 g/mol. The van der Waals surface area contributed by atoms with Crippen LogP contribution in [0.2, 0.25) is 0 Å². The van der Waals surface area contributed by atoms with E-state index in [0.29, 0.717) is 18.9 Å². The number of nitrogens with one attached hydrogen (secondary N) is 1. The summed E-state index contributed by atoms with van der Waals surface area (Å²) in [7, 11) is 3.32. The van der Waals surface area contributed by atoms with Crippen molar-refractivity contribution in [3.63, 3.8) is 0 Å². The van der Waals surface area contributed by atoms with Gasteiger partial charge in [0.05, 0.1) is 6.33 Å². The first-order chi connectivity index (χ1) is 7.74. The van der Waals surface area contributed by atoms with Crippen LogP contribution in [0.25, 0.3) is 0 Å². The molecule has 6 nitrogen and oxygen atoms in total. The fourth-order valence-electron chi connectivity index (χ4n) is 1.91. The first kappa shape index (κ1) is 11.1. The Balaban J connectivity index is 2.16. The van der Waals surface area contributed by atoms with Gasteiger partial charge in [-0.1, -0.05) is 0 Å². The third-order valence-corrected chi connectivity index (χ3v) is 2.81. The van der Waals surface area contributed by atoms with Gasteiger partial charge >= 0.3 is 0 Å². The molecule has 2 atom stereocenters. The molecular weight excluding hydrogens is 210 g/mol. The van der Waals surface area contributed by atoms with Crippen LogP contribution in [0.5, 0.6) is 0 Å². The largest absolute Gasteiger partial charge is 0.377 e. The SMILES string of the molecule is COC1CN(c2cc(=O)[nH]cn2)CC1OC. The second-order valence-corrected chi connectivity index (χ2v) is 3.72. The van der Waals surface area contributed by atoms with E-state index in [1.54, 1.807) is 14.2 Å². The lowest BCUT2D eigenvalue weighted by atomic mass is 10.3. The van der Waals surface area contributed by atoms with Gasteiger partial charge in [-0.15, -0.1) is 0 Å². The number of H-pyrrole nitrogens is 1. The fraction of sp³-hybridized carbons (Fsp3) is 0.600. The second kappa shape index (κ2) is 4.63. The van der Waals surface area contributed by atoms with Crippen LogP contribution in [-0.2, 0) is 9.47 Å². The lowest BCUT2D eigenvalue weighted by Gasteiger charge is -2.15. The molecule has 0 bridgehead atoms. The summed E-state index contributed by atoms with van der Waals surface area (Å²) in [5.74, 6) is 0.658. The van der Waals surface area contributed by atoms with Crippen molar-refractivity contribution >= 4 is 5.82 Å². The maximum atomic E-state index is 11.2. The van der Waals surface area contributed by atoms with Crippen molar-refractivity contribution < 1.29 is 9.47 Å². The summed E-state index contributed by atoms with van der Waals surface area (Å²) < 4.78 is 10.6. The number of ether oxygens (including phenoxy) is 2. The molecule has 1 aromatic rings. The van der Waals surface area contributed by atoms with Crippen LogP contribution in [0, 0.1) is 0 Å². The first-order valence-corrected chi connectivity index (χ1v) is 5.10. The van der Waals surface area contributed by atoms with Crippen molar-refractivity contribution in [1.29, 1.82) is 0 Å². The number of aromatic amines is 1. The Morgan fingerprint density at radius 1 is 1.38 bits per heavy atom. The Bertz CT molecular complexity index is 394. The van der Waals surface area contributed by atoms with Gasteiger partial charge in [-0.05, 0) is 0 Å². The van der Waals surface area contributed by atoms with Crippen molar-refractivity contribution in [3.8, 4) is 0 Å². The molecule has 16 heavy (non-hydrogen) atoms. The molecular formula is C10H15N3O3. The predicted octanol–water partition coefficient (Wildman–Crippen LogP) is -0.380. The molecule has 88 valence electrons. The Kier molecular flexibility index (Phi) is 3.21. The number of hydrogen-bond acceptors (Lipinski definition) is 5. The molecule has 1 aliphatic heterocycles. The number of rotatable bonds is 3. The zero-order chi connectivity index (χ0) is 11.5. The molecule has 1 aliphatic rings. The molecule has 0 amide bonds. The summed E-state index contributed by atoms with van der Waals surface area (Å²) in [6.45, 7) is 1.37. The van der Waals surface area contributed by atoms with Crippen molar-refractivity contribution in [1.82, 2.24) is 9.97 Å². The lowest BCUT2D eigenvalue weighted by molar-refractivity contribution is -0.00461. The summed E-state index contributed by atoms with van der Waals surface area (Å²) in [5.41, 5.74) is -0.153. The average Bonchev–Trinajstić information content (AvgIpc) is 2.72. The highest BCUT2D eigenvalue weighted by atomic mass is 16.5. The first-order valence-electron chi connectivity index (χ1n) is 5.10. The van der Waals surface area contributed by atoms with Gasteiger partial charge in [-0.3, -0.25) is 4.79 Å². The minimum absolute atomic E-state index is 0.0195. The van der Waals surface area contributed by atoms with Gasteiger partial charge in [0.25, 0.3) is 5.56 Å². The molecule has 0 radical (unpaired) electrons. The second-order valence-electron chi connectivity index (χ2n) is 3.72. The normalized spacial score (nSPS) is 25.0. The average molecular weight is 225 g/mol. The van der Waals surface area contributed by atoms with E-state index >= 15 is 0 Å². The molecule has 2 unspecified atom stereocenters. The van der Waals surface area contributed by atoms with E-state index in [2.05, 4.69) is 9.97 Å². The van der Waals surface area contributed by atoms with E-state index in [0.717, 1.165) is 0 Å². The number of methoxy groups -OCH3 is 2. The highest BCUT2D eigenvalue weighted by Gasteiger charge is 2.33. The molecule has 0 saturated carbocycles. The van der Waals surface area contributed by atoms with Crippen LogP contribution in [0.1, 0.15) is 0 Å². The Morgan fingerprint density at radius 3 is 2.50 bits per heavy atom. The molecule has 1 aromatic heterocycles. The summed E-state index contributed by atoms with van der Waals surface area (Å²) in [6.07, 6.45) is 1.44. The van der Waals surface area contributed by atoms with Crippen molar-refractivity contribution in [2.45, 2.75) is 12.2 Å². The van der Waals surface area contributed by atoms with E-state index in [1.165, 1.54) is 12.4 Å². The van der Waals surface area contributed by atoms with Crippen molar-refractivity contribution in [2.24, 2.45) is 0 Å². The standard InChI is InChI=1S/C10H15N3O3/c1-15-7-4-13(5-8(7)16-2)9-3-10(14)12-6-11-9/h3,6-8H,4-5H2,1-2H3,(H,11,12,14). The third-order valence-electron chi connectivity index (χ3n) is 2.81. The summed E-state index contributed by atoms with van der Waals surface area (Å²) in [4.78, 5) is 19.8. The lowest BCUT2D eigenvalue weighted by Crippen LogP contribution is -2.27. The van der Waals surface area contributed by atoms with Crippen LogP contribution in [-0.4, -0.2) is 49.5 Å². The fourth-order valence-corrected chi connectivity index (χ4v) is 1.91. The third kappa shape index (κ3) is 2.07. The summed E-state index contributed by atoms with van der Waals surface area (Å²) in [6, 6.07) is 1.48. The van der Waals surface area contributed by atoms with E-state index in [4.69, 9.17) is 9.47 Å². The molecule has 1 saturated heterocycles. The maximum absolute atomic E-state index is 11.2. The molecule has 0 spiro atoms. The van der Waals surface area contributed by atoms with Gasteiger partial charge in [0.2, 0.25) is 0 Å². The van der Waals surface area contributed by atoms with Crippen LogP contribution in [0.3, 0.4) is 0 Å². The van der Waals surface area contributed by atoms with Gasteiger partial charge in [0, 0.05) is 33.4 Å².